The van der Waals surface area contributed by atoms with Gasteiger partial charge in [0.25, 0.3) is 0 Å². The van der Waals surface area contributed by atoms with Gasteiger partial charge >= 0.3 is 0 Å². The van der Waals surface area contributed by atoms with Crippen LogP contribution in [0.15, 0.2) is 18.2 Å². The van der Waals surface area contributed by atoms with Crippen molar-refractivity contribution in [3.63, 3.8) is 0 Å². The molecule has 0 aliphatic carbocycles. The molecule has 94 valence electrons. The molecule has 1 fully saturated rings. The summed E-state index contributed by atoms with van der Waals surface area (Å²) in [6, 6.07) is 5.53. The summed E-state index contributed by atoms with van der Waals surface area (Å²) in [6.07, 6.45) is 0. The minimum atomic E-state index is 0.256. The van der Waals surface area contributed by atoms with Crippen LogP contribution in [0.4, 0.5) is 5.82 Å². The van der Waals surface area contributed by atoms with Gasteiger partial charge in [-0.15, -0.1) is 0 Å². The summed E-state index contributed by atoms with van der Waals surface area (Å²) < 4.78 is 5.34. The van der Waals surface area contributed by atoms with Crippen LogP contribution in [0.5, 0.6) is 0 Å². The van der Waals surface area contributed by atoms with Crippen molar-refractivity contribution in [2.45, 2.75) is 0 Å². The number of aromatic nitrogens is 2. The Balaban J connectivity index is 2.16. The maximum absolute atomic E-state index is 6.04. The average Bonchev–Trinajstić information content (AvgIpc) is 2.39. The van der Waals surface area contributed by atoms with Crippen LogP contribution in [0.25, 0.3) is 10.9 Å². The van der Waals surface area contributed by atoms with Crippen LogP contribution in [0, 0.1) is 0 Å². The van der Waals surface area contributed by atoms with E-state index in [2.05, 4.69) is 14.9 Å². The van der Waals surface area contributed by atoms with Crippen LogP contribution in [0.2, 0.25) is 10.3 Å². The number of ether oxygens (including phenoxy) is 1. The monoisotopic (exact) mass is 283 g/mol. The zero-order chi connectivity index (χ0) is 12.5. The molecule has 0 bridgehead atoms. The molecule has 1 aliphatic heterocycles. The van der Waals surface area contributed by atoms with E-state index in [9.17, 15) is 0 Å². The third kappa shape index (κ3) is 2.23. The lowest BCUT2D eigenvalue weighted by Gasteiger charge is -2.28. The van der Waals surface area contributed by atoms with Gasteiger partial charge < -0.3 is 9.64 Å². The molecular weight excluding hydrogens is 273 g/mol. The first-order valence-corrected chi connectivity index (χ1v) is 6.45. The first kappa shape index (κ1) is 12.0. The molecule has 4 nitrogen and oxygen atoms in total. The average molecular weight is 284 g/mol. The highest BCUT2D eigenvalue weighted by Crippen LogP contribution is 2.28. The van der Waals surface area contributed by atoms with Crippen molar-refractivity contribution in [1.29, 1.82) is 0 Å². The molecule has 0 saturated carbocycles. The molecule has 3 rings (SSSR count). The van der Waals surface area contributed by atoms with E-state index in [4.69, 9.17) is 27.9 Å². The largest absolute Gasteiger partial charge is 0.378 e. The molecule has 2 aromatic rings. The van der Waals surface area contributed by atoms with E-state index in [0.29, 0.717) is 18.2 Å². The number of anilines is 1. The Kier molecular flexibility index (Phi) is 3.24. The number of halogens is 2. The molecule has 2 heterocycles. The predicted octanol–water partition coefficient (Wildman–Crippen LogP) is 2.77. The Morgan fingerprint density at radius 1 is 1.11 bits per heavy atom. The lowest BCUT2D eigenvalue weighted by atomic mass is 10.2. The second-order valence-corrected chi connectivity index (χ2v) is 4.85. The van der Waals surface area contributed by atoms with E-state index in [0.717, 1.165) is 29.8 Å². The highest BCUT2D eigenvalue weighted by molar-refractivity contribution is 6.31. The van der Waals surface area contributed by atoms with Gasteiger partial charge in [0.1, 0.15) is 5.82 Å². The first-order chi connectivity index (χ1) is 8.74. The van der Waals surface area contributed by atoms with Gasteiger partial charge in [-0.2, -0.15) is 4.98 Å². The molecule has 0 spiro atoms. The van der Waals surface area contributed by atoms with Crippen molar-refractivity contribution in [1.82, 2.24) is 9.97 Å². The topological polar surface area (TPSA) is 38.2 Å². The lowest BCUT2D eigenvalue weighted by molar-refractivity contribution is 0.122. The molecule has 18 heavy (non-hydrogen) atoms. The maximum atomic E-state index is 6.04. The highest BCUT2D eigenvalue weighted by atomic mass is 35.5. The summed E-state index contributed by atoms with van der Waals surface area (Å²) in [6.45, 7) is 3.00. The van der Waals surface area contributed by atoms with Crippen LogP contribution in [0.3, 0.4) is 0 Å². The van der Waals surface area contributed by atoms with Gasteiger partial charge in [-0.05, 0) is 29.8 Å². The molecule has 6 heteroatoms. The van der Waals surface area contributed by atoms with Gasteiger partial charge in [-0.25, -0.2) is 4.98 Å². The summed E-state index contributed by atoms with van der Waals surface area (Å²) in [7, 11) is 0. The number of nitrogens with zero attached hydrogens (tertiary/aromatic N) is 3. The predicted molar refractivity (Wildman–Crippen MR) is 72.6 cm³/mol. The zero-order valence-corrected chi connectivity index (χ0v) is 11.1. The molecule has 0 unspecified atom stereocenters. The summed E-state index contributed by atoms with van der Waals surface area (Å²) in [5.41, 5.74) is 0.806. The van der Waals surface area contributed by atoms with Crippen LogP contribution >= 0.6 is 23.2 Å². The fraction of sp³-hybridized carbons (Fsp3) is 0.333. The number of benzene rings is 1. The fourth-order valence-electron chi connectivity index (χ4n) is 2.07. The van der Waals surface area contributed by atoms with Crippen LogP contribution in [0.1, 0.15) is 0 Å². The van der Waals surface area contributed by atoms with E-state index < -0.39 is 0 Å². The van der Waals surface area contributed by atoms with Gasteiger partial charge in [-0.3, -0.25) is 0 Å². The fourth-order valence-corrected chi connectivity index (χ4v) is 2.42. The van der Waals surface area contributed by atoms with E-state index in [1.807, 2.05) is 12.1 Å². The minimum Gasteiger partial charge on any atom is -0.378 e. The summed E-state index contributed by atoms with van der Waals surface area (Å²) in [5.74, 6) is 0.829. The lowest BCUT2D eigenvalue weighted by Crippen LogP contribution is -2.37. The normalized spacial score (nSPS) is 16.2. The quantitative estimate of drug-likeness (QED) is 0.755. The number of morpholine rings is 1. The molecular formula is C12H11Cl2N3O. The van der Waals surface area contributed by atoms with Crippen molar-refractivity contribution in [2.24, 2.45) is 0 Å². The number of rotatable bonds is 1. The second kappa shape index (κ2) is 4.88. The summed E-state index contributed by atoms with van der Waals surface area (Å²) >= 11 is 12.0. The Hall–Kier alpha value is -1.10. The van der Waals surface area contributed by atoms with Gasteiger partial charge in [0.15, 0.2) is 0 Å². The third-order valence-corrected chi connectivity index (χ3v) is 3.33. The standard InChI is InChI=1S/C12H11Cl2N3O/c13-8-1-2-10-9(7-8)11(16-12(14)15-10)17-3-5-18-6-4-17/h1-2,7H,3-6H2. The molecule has 0 amide bonds. The smallest absolute Gasteiger partial charge is 0.224 e. The van der Waals surface area contributed by atoms with E-state index in [1.54, 1.807) is 6.07 Å². The molecule has 0 radical (unpaired) electrons. The number of hydrogen-bond acceptors (Lipinski definition) is 4. The molecule has 1 aromatic heterocycles. The van der Waals surface area contributed by atoms with Crippen molar-refractivity contribution < 1.29 is 4.74 Å². The van der Waals surface area contributed by atoms with Gasteiger partial charge in [0, 0.05) is 23.5 Å². The Bertz CT molecular complexity index is 585. The van der Waals surface area contributed by atoms with E-state index in [-0.39, 0.29) is 5.28 Å². The summed E-state index contributed by atoms with van der Waals surface area (Å²) in [5, 5.41) is 1.85. The zero-order valence-electron chi connectivity index (χ0n) is 9.57. The molecule has 1 saturated heterocycles. The molecule has 1 aliphatic rings. The van der Waals surface area contributed by atoms with Crippen LogP contribution < -0.4 is 4.90 Å². The molecule has 0 atom stereocenters. The second-order valence-electron chi connectivity index (χ2n) is 4.08. The van der Waals surface area contributed by atoms with Crippen molar-refractivity contribution in [3.8, 4) is 0 Å². The van der Waals surface area contributed by atoms with Gasteiger partial charge in [0.2, 0.25) is 5.28 Å². The highest BCUT2D eigenvalue weighted by Gasteiger charge is 2.17. The SMILES string of the molecule is Clc1ccc2nc(Cl)nc(N3CCOCC3)c2c1. The van der Waals surface area contributed by atoms with Gasteiger partial charge in [0.05, 0.1) is 18.7 Å². The van der Waals surface area contributed by atoms with Crippen LogP contribution in [-0.2, 0) is 4.74 Å². The molecule has 1 aromatic carbocycles. The molecule has 0 N–H and O–H groups in total. The third-order valence-electron chi connectivity index (χ3n) is 2.92. The van der Waals surface area contributed by atoms with Crippen LogP contribution in [-0.4, -0.2) is 36.3 Å². The Morgan fingerprint density at radius 2 is 1.89 bits per heavy atom. The van der Waals surface area contributed by atoms with Crippen molar-refractivity contribution >= 4 is 39.9 Å². The Morgan fingerprint density at radius 3 is 2.67 bits per heavy atom. The van der Waals surface area contributed by atoms with Crippen molar-refractivity contribution in [2.75, 3.05) is 31.2 Å². The van der Waals surface area contributed by atoms with Crippen molar-refractivity contribution in [3.05, 3.63) is 28.5 Å². The Labute approximate surface area is 114 Å². The van der Waals surface area contributed by atoms with E-state index >= 15 is 0 Å². The number of hydrogen-bond donors (Lipinski definition) is 0. The minimum absolute atomic E-state index is 0.256. The number of fused-ring (bicyclic) bond motifs is 1. The maximum Gasteiger partial charge on any atom is 0.224 e. The summed E-state index contributed by atoms with van der Waals surface area (Å²) in [4.78, 5) is 10.7. The first-order valence-electron chi connectivity index (χ1n) is 5.69. The van der Waals surface area contributed by atoms with E-state index in [1.165, 1.54) is 0 Å². The van der Waals surface area contributed by atoms with Gasteiger partial charge in [-0.1, -0.05) is 11.6 Å².